The summed E-state index contributed by atoms with van der Waals surface area (Å²) in [5, 5.41) is 2.93. The summed E-state index contributed by atoms with van der Waals surface area (Å²) in [6.07, 6.45) is 2.54. The summed E-state index contributed by atoms with van der Waals surface area (Å²) in [5.74, 6) is 1.43. The Kier molecular flexibility index (Phi) is 4.84. The molecule has 2 rings (SSSR count). The topological polar surface area (TPSA) is 73.6 Å². The van der Waals surface area contributed by atoms with E-state index in [-0.39, 0.29) is 11.9 Å². The molecule has 1 aromatic rings. The van der Waals surface area contributed by atoms with E-state index in [2.05, 4.69) is 5.32 Å². The standard InChI is InChI=1S/C15H22N2O3/c1-10(16)13-6-5-12(19-2)9-14(13)20-8-7-15(18)17-11-3-4-11/h5-6,9-11H,3-4,7-8,16H2,1-2H3,(H,17,18). The molecule has 0 radical (unpaired) electrons. The second-order valence-corrected chi connectivity index (χ2v) is 5.13. The number of carbonyl (C=O) groups is 1. The van der Waals surface area contributed by atoms with Crippen molar-refractivity contribution < 1.29 is 14.3 Å². The van der Waals surface area contributed by atoms with Crippen LogP contribution < -0.4 is 20.5 Å². The van der Waals surface area contributed by atoms with Gasteiger partial charge < -0.3 is 20.5 Å². The van der Waals surface area contributed by atoms with Crippen LogP contribution in [0.15, 0.2) is 18.2 Å². The fourth-order valence-corrected chi connectivity index (χ4v) is 1.92. The Balaban J connectivity index is 1.90. The first-order valence-electron chi connectivity index (χ1n) is 6.96. The molecule has 1 aliphatic rings. The van der Waals surface area contributed by atoms with Gasteiger partial charge in [0.1, 0.15) is 11.5 Å². The van der Waals surface area contributed by atoms with Gasteiger partial charge in [-0.1, -0.05) is 6.07 Å². The predicted molar refractivity (Wildman–Crippen MR) is 76.9 cm³/mol. The molecule has 0 aliphatic heterocycles. The second-order valence-electron chi connectivity index (χ2n) is 5.13. The van der Waals surface area contributed by atoms with E-state index >= 15 is 0 Å². The summed E-state index contributed by atoms with van der Waals surface area (Å²) >= 11 is 0. The fraction of sp³-hybridized carbons (Fsp3) is 0.533. The third-order valence-corrected chi connectivity index (χ3v) is 3.24. The van der Waals surface area contributed by atoms with Gasteiger partial charge in [0.25, 0.3) is 0 Å². The van der Waals surface area contributed by atoms with Crippen molar-refractivity contribution in [2.24, 2.45) is 5.73 Å². The molecule has 110 valence electrons. The largest absolute Gasteiger partial charge is 0.497 e. The number of nitrogens with one attached hydrogen (secondary N) is 1. The molecular weight excluding hydrogens is 256 g/mol. The number of ether oxygens (including phenoxy) is 2. The lowest BCUT2D eigenvalue weighted by molar-refractivity contribution is -0.121. The van der Waals surface area contributed by atoms with Crippen molar-refractivity contribution in [2.75, 3.05) is 13.7 Å². The minimum Gasteiger partial charge on any atom is -0.497 e. The van der Waals surface area contributed by atoms with E-state index in [0.717, 1.165) is 18.4 Å². The lowest BCUT2D eigenvalue weighted by Crippen LogP contribution is -2.26. The second kappa shape index (κ2) is 6.61. The molecule has 0 aromatic heterocycles. The Bertz CT molecular complexity index is 470. The number of methoxy groups -OCH3 is 1. The van der Waals surface area contributed by atoms with Gasteiger partial charge >= 0.3 is 0 Å². The van der Waals surface area contributed by atoms with E-state index in [1.165, 1.54) is 0 Å². The molecule has 0 bridgehead atoms. The normalized spacial score (nSPS) is 15.6. The van der Waals surface area contributed by atoms with Crippen molar-refractivity contribution in [3.8, 4) is 11.5 Å². The summed E-state index contributed by atoms with van der Waals surface area (Å²) in [5.41, 5.74) is 6.82. The van der Waals surface area contributed by atoms with Crippen LogP contribution in [0.25, 0.3) is 0 Å². The Labute approximate surface area is 119 Å². The van der Waals surface area contributed by atoms with Crippen LogP contribution in [0, 0.1) is 0 Å². The van der Waals surface area contributed by atoms with Gasteiger partial charge in [0, 0.05) is 23.7 Å². The average molecular weight is 278 g/mol. The van der Waals surface area contributed by atoms with E-state index in [1.54, 1.807) is 13.2 Å². The molecule has 5 nitrogen and oxygen atoms in total. The quantitative estimate of drug-likeness (QED) is 0.797. The summed E-state index contributed by atoms with van der Waals surface area (Å²) in [6.45, 7) is 2.24. The lowest BCUT2D eigenvalue weighted by Gasteiger charge is -2.15. The van der Waals surface area contributed by atoms with E-state index in [9.17, 15) is 4.79 Å². The first kappa shape index (κ1) is 14.7. The molecule has 0 spiro atoms. The highest BCUT2D eigenvalue weighted by atomic mass is 16.5. The van der Waals surface area contributed by atoms with Crippen molar-refractivity contribution in [2.45, 2.75) is 38.3 Å². The van der Waals surface area contributed by atoms with Gasteiger partial charge in [0.2, 0.25) is 5.91 Å². The molecule has 3 N–H and O–H groups in total. The van der Waals surface area contributed by atoms with E-state index in [0.29, 0.717) is 30.6 Å². The first-order chi connectivity index (χ1) is 9.60. The van der Waals surface area contributed by atoms with Crippen molar-refractivity contribution in [1.82, 2.24) is 5.32 Å². The van der Waals surface area contributed by atoms with Crippen LogP contribution in [0.3, 0.4) is 0 Å². The van der Waals surface area contributed by atoms with Gasteiger partial charge in [-0.25, -0.2) is 0 Å². The summed E-state index contributed by atoms with van der Waals surface area (Å²) < 4.78 is 10.9. The average Bonchev–Trinajstić information content (AvgIpc) is 3.22. The Morgan fingerprint density at radius 3 is 2.85 bits per heavy atom. The minimum atomic E-state index is -0.129. The molecule has 20 heavy (non-hydrogen) atoms. The van der Waals surface area contributed by atoms with Gasteiger partial charge in [-0.15, -0.1) is 0 Å². The molecule has 0 saturated heterocycles. The Hall–Kier alpha value is -1.75. The van der Waals surface area contributed by atoms with Gasteiger partial charge in [0.05, 0.1) is 20.1 Å². The molecule has 1 aliphatic carbocycles. The van der Waals surface area contributed by atoms with E-state index < -0.39 is 0 Å². The van der Waals surface area contributed by atoms with Gasteiger partial charge in [-0.3, -0.25) is 4.79 Å². The maximum absolute atomic E-state index is 11.6. The summed E-state index contributed by atoms with van der Waals surface area (Å²) in [7, 11) is 1.60. The Morgan fingerprint density at radius 1 is 1.50 bits per heavy atom. The molecule has 1 fully saturated rings. The van der Waals surface area contributed by atoms with E-state index in [1.807, 2.05) is 19.1 Å². The number of rotatable bonds is 7. The van der Waals surface area contributed by atoms with Crippen molar-refractivity contribution >= 4 is 5.91 Å². The maximum atomic E-state index is 11.6. The highest BCUT2D eigenvalue weighted by Gasteiger charge is 2.23. The number of benzene rings is 1. The number of amides is 1. The van der Waals surface area contributed by atoms with Crippen LogP contribution in [0.1, 0.15) is 37.8 Å². The molecule has 0 heterocycles. The highest BCUT2D eigenvalue weighted by Crippen LogP contribution is 2.28. The Morgan fingerprint density at radius 2 is 2.25 bits per heavy atom. The summed E-state index contributed by atoms with van der Waals surface area (Å²) in [6, 6.07) is 5.81. The highest BCUT2D eigenvalue weighted by molar-refractivity contribution is 5.76. The smallest absolute Gasteiger partial charge is 0.223 e. The zero-order chi connectivity index (χ0) is 14.5. The van der Waals surface area contributed by atoms with Gasteiger partial charge in [-0.05, 0) is 25.8 Å². The van der Waals surface area contributed by atoms with Gasteiger partial charge in [-0.2, -0.15) is 0 Å². The van der Waals surface area contributed by atoms with Crippen molar-refractivity contribution in [3.63, 3.8) is 0 Å². The fourth-order valence-electron chi connectivity index (χ4n) is 1.92. The molecule has 1 unspecified atom stereocenters. The zero-order valence-corrected chi connectivity index (χ0v) is 12.0. The van der Waals surface area contributed by atoms with E-state index in [4.69, 9.17) is 15.2 Å². The van der Waals surface area contributed by atoms with Gasteiger partial charge in [0.15, 0.2) is 0 Å². The molecule has 1 atom stereocenters. The molecular formula is C15H22N2O3. The summed E-state index contributed by atoms with van der Waals surface area (Å²) in [4.78, 5) is 11.6. The van der Waals surface area contributed by atoms with Crippen molar-refractivity contribution in [1.29, 1.82) is 0 Å². The lowest BCUT2D eigenvalue weighted by atomic mass is 10.1. The minimum absolute atomic E-state index is 0.0396. The van der Waals surface area contributed by atoms with Crippen LogP contribution in [0.2, 0.25) is 0 Å². The van der Waals surface area contributed by atoms with Crippen LogP contribution in [-0.2, 0) is 4.79 Å². The monoisotopic (exact) mass is 278 g/mol. The SMILES string of the molecule is COc1ccc(C(C)N)c(OCCC(=O)NC2CC2)c1. The maximum Gasteiger partial charge on any atom is 0.223 e. The van der Waals surface area contributed by atoms with Crippen LogP contribution >= 0.6 is 0 Å². The van der Waals surface area contributed by atoms with Crippen LogP contribution in [0.4, 0.5) is 0 Å². The molecule has 1 aromatic carbocycles. The third-order valence-electron chi connectivity index (χ3n) is 3.24. The number of nitrogens with two attached hydrogens (primary N) is 1. The third kappa shape index (κ3) is 4.13. The van der Waals surface area contributed by atoms with Crippen LogP contribution in [0.5, 0.6) is 11.5 Å². The first-order valence-corrected chi connectivity index (χ1v) is 6.96. The molecule has 1 saturated carbocycles. The molecule has 1 amide bonds. The predicted octanol–water partition coefficient (Wildman–Crippen LogP) is 1.76. The number of hydrogen-bond donors (Lipinski definition) is 2. The number of carbonyl (C=O) groups excluding carboxylic acids is 1. The van der Waals surface area contributed by atoms with Crippen LogP contribution in [-0.4, -0.2) is 25.7 Å². The number of hydrogen-bond acceptors (Lipinski definition) is 4. The van der Waals surface area contributed by atoms with Crippen molar-refractivity contribution in [3.05, 3.63) is 23.8 Å². The zero-order valence-electron chi connectivity index (χ0n) is 12.0. The molecule has 5 heteroatoms.